The summed E-state index contributed by atoms with van der Waals surface area (Å²) in [5.74, 6) is 1.40. The van der Waals surface area contributed by atoms with Gasteiger partial charge in [-0.15, -0.1) is 0 Å². The summed E-state index contributed by atoms with van der Waals surface area (Å²) >= 11 is 0. The van der Waals surface area contributed by atoms with Crippen LogP contribution in [0.15, 0.2) is 59.3 Å². The highest BCUT2D eigenvalue weighted by Gasteiger charge is 2.30. The molecule has 0 aliphatic carbocycles. The van der Waals surface area contributed by atoms with Crippen molar-refractivity contribution in [3.05, 3.63) is 66.3 Å². The van der Waals surface area contributed by atoms with Crippen molar-refractivity contribution in [1.29, 1.82) is 0 Å². The Hall–Kier alpha value is -2.53. The van der Waals surface area contributed by atoms with Gasteiger partial charge in [0.2, 0.25) is 11.7 Å². The monoisotopic (exact) mass is 320 g/mol. The molecular formula is C19H20N4O. The van der Waals surface area contributed by atoms with Gasteiger partial charge in [0.1, 0.15) is 0 Å². The molecule has 0 saturated carbocycles. The van der Waals surface area contributed by atoms with E-state index in [0.717, 1.165) is 49.5 Å². The van der Waals surface area contributed by atoms with Crippen LogP contribution >= 0.6 is 0 Å². The maximum atomic E-state index is 5.57. The van der Waals surface area contributed by atoms with Crippen molar-refractivity contribution in [3.63, 3.8) is 0 Å². The number of pyridine rings is 1. The van der Waals surface area contributed by atoms with E-state index in [1.807, 2.05) is 48.7 Å². The number of hydrogen-bond acceptors (Lipinski definition) is 5. The predicted octanol–water partition coefficient (Wildman–Crippen LogP) is 3.51. The lowest BCUT2D eigenvalue weighted by Gasteiger charge is -2.21. The summed E-state index contributed by atoms with van der Waals surface area (Å²) in [6.07, 6.45) is 5.02. The van der Waals surface area contributed by atoms with Crippen LogP contribution < -0.4 is 0 Å². The molecule has 3 heterocycles. The van der Waals surface area contributed by atoms with E-state index >= 15 is 0 Å². The van der Waals surface area contributed by atoms with Crippen LogP contribution in [0.3, 0.4) is 0 Å². The smallest absolute Gasteiger partial charge is 0.244 e. The second kappa shape index (κ2) is 6.93. The fourth-order valence-corrected chi connectivity index (χ4v) is 3.25. The van der Waals surface area contributed by atoms with Gasteiger partial charge in [-0.2, -0.15) is 4.98 Å². The maximum absolute atomic E-state index is 5.57. The minimum absolute atomic E-state index is 0.221. The van der Waals surface area contributed by atoms with Gasteiger partial charge in [0.25, 0.3) is 0 Å². The Morgan fingerprint density at radius 1 is 1.08 bits per heavy atom. The number of likely N-dealkylation sites (tertiary alicyclic amines) is 1. The third-order valence-electron chi connectivity index (χ3n) is 4.50. The lowest BCUT2D eigenvalue weighted by molar-refractivity contribution is 0.210. The van der Waals surface area contributed by atoms with Crippen molar-refractivity contribution in [1.82, 2.24) is 20.0 Å². The summed E-state index contributed by atoms with van der Waals surface area (Å²) in [6.45, 7) is 2.03. The third kappa shape index (κ3) is 3.21. The van der Waals surface area contributed by atoms with Crippen molar-refractivity contribution >= 4 is 0 Å². The van der Waals surface area contributed by atoms with E-state index in [1.165, 1.54) is 0 Å². The fourth-order valence-electron chi connectivity index (χ4n) is 3.25. The average molecular weight is 320 g/mol. The molecule has 1 fully saturated rings. The standard InChI is InChI=1S/C19H20N4O/c1-2-7-15(8-3-1)18-21-19(24-22-18)17-10-6-13-23(17)14-11-16-9-4-5-12-20-16/h1-5,7-9,12,17H,6,10-11,13-14H2. The average Bonchev–Trinajstić information content (AvgIpc) is 3.31. The molecule has 5 heteroatoms. The fraction of sp³-hybridized carbons (Fsp3) is 0.316. The van der Waals surface area contributed by atoms with Gasteiger partial charge in [0.15, 0.2) is 0 Å². The SMILES string of the molecule is c1ccc(-c2noc(C3CCCN3CCc3ccccn3)n2)cc1. The minimum atomic E-state index is 0.221. The molecule has 0 N–H and O–H groups in total. The van der Waals surface area contributed by atoms with Gasteiger partial charge in [-0.3, -0.25) is 9.88 Å². The molecular weight excluding hydrogens is 300 g/mol. The highest BCUT2D eigenvalue weighted by molar-refractivity contribution is 5.53. The van der Waals surface area contributed by atoms with E-state index in [0.29, 0.717) is 5.82 Å². The van der Waals surface area contributed by atoms with Gasteiger partial charge in [-0.05, 0) is 31.5 Å². The molecule has 3 aromatic rings. The van der Waals surface area contributed by atoms with E-state index in [-0.39, 0.29) is 6.04 Å². The van der Waals surface area contributed by atoms with Crippen LogP contribution in [0.2, 0.25) is 0 Å². The van der Waals surface area contributed by atoms with Crippen molar-refractivity contribution < 1.29 is 4.52 Å². The normalized spacial score (nSPS) is 18.1. The molecule has 1 unspecified atom stereocenters. The summed E-state index contributed by atoms with van der Waals surface area (Å²) in [7, 11) is 0. The largest absolute Gasteiger partial charge is 0.337 e. The lowest BCUT2D eigenvalue weighted by atomic mass is 10.2. The van der Waals surface area contributed by atoms with Crippen molar-refractivity contribution in [3.8, 4) is 11.4 Å². The van der Waals surface area contributed by atoms with Crippen LogP contribution in [-0.4, -0.2) is 33.1 Å². The Morgan fingerprint density at radius 2 is 1.96 bits per heavy atom. The molecule has 122 valence electrons. The highest BCUT2D eigenvalue weighted by Crippen LogP contribution is 2.31. The van der Waals surface area contributed by atoms with Crippen molar-refractivity contribution in [2.45, 2.75) is 25.3 Å². The molecule has 4 rings (SSSR count). The zero-order valence-electron chi connectivity index (χ0n) is 13.5. The Kier molecular flexibility index (Phi) is 4.34. The summed E-state index contributed by atoms with van der Waals surface area (Å²) in [4.78, 5) is 11.5. The second-order valence-corrected chi connectivity index (χ2v) is 6.09. The summed E-state index contributed by atoms with van der Waals surface area (Å²) in [5, 5.41) is 4.16. The molecule has 5 nitrogen and oxygen atoms in total. The molecule has 0 spiro atoms. The zero-order valence-corrected chi connectivity index (χ0v) is 13.5. The Bertz CT molecular complexity index is 772. The van der Waals surface area contributed by atoms with Crippen LogP contribution in [0.1, 0.15) is 30.5 Å². The zero-order chi connectivity index (χ0) is 16.2. The maximum Gasteiger partial charge on any atom is 0.244 e. The van der Waals surface area contributed by atoms with Crippen LogP contribution in [0, 0.1) is 0 Å². The summed E-state index contributed by atoms with van der Waals surface area (Å²) in [6, 6.07) is 16.2. The lowest BCUT2D eigenvalue weighted by Crippen LogP contribution is -2.26. The van der Waals surface area contributed by atoms with Gasteiger partial charge < -0.3 is 4.52 Å². The molecule has 1 atom stereocenters. The Labute approximate surface area is 141 Å². The predicted molar refractivity (Wildman–Crippen MR) is 91.2 cm³/mol. The van der Waals surface area contributed by atoms with E-state index in [9.17, 15) is 0 Å². The number of benzene rings is 1. The first kappa shape index (κ1) is 15.0. The molecule has 1 saturated heterocycles. The summed E-state index contributed by atoms with van der Waals surface area (Å²) in [5.41, 5.74) is 2.11. The van der Waals surface area contributed by atoms with Crippen LogP contribution in [-0.2, 0) is 6.42 Å². The van der Waals surface area contributed by atoms with Crippen molar-refractivity contribution in [2.24, 2.45) is 0 Å². The van der Waals surface area contributed by atoms with Crippen molar-refractivity contribution in [2.75, 3.05) is 13.1 Å². The number of aromatic nitrogens is 3. The first-order chi connectivity index (χ1) is 11.9. The van der Waals surface area contributed by atoms with Crippen LogP contribution in [0.25, 0.3) is 11.4 Å². The minimum Gasteiger partial charge on any atom is -0.337 e. The van der Waals surface area contributed by atoms with E-state index in [4.69, 9.17) is 4.52 Å². The number of nitrogens with zero attached hydrogens (tertiary/aromatic N) is 4. The van der Waals surface area contributed by atoms with Crippen LogP contribution in [0.4, 0.5) is 0 Å². The molecule has 0 radical (unpaired) electrons. The van der Waals surface area contributed by atoms with E-state index < -0.39 is 0 Å². The van der Waals surface area contributed by atoms with Crippen LogP contribution in [0.5, 0.6) is 0 Å². The van der Waals surface area contributed by atoms with E-state index in [1.54, 1.807) is 0 Å². The summed E-state index contributed by atoms with van der Waals surface area (Å²) < 4.78 is 5.57. The van der Waals surface area contributed by atoms with Gasteiger partial charge in [-0.1, -0.05) is 41.6 Å². The molecule has 1 aromatic carbocycles. The first-order valence-electron chi connectivity index (χ1n) is 8.43. The Balaban J connectivity index is 1.46. The van der Waals surface area contributed by atoms with Gasteiger partial charge >= 0.3 is 0 Å². The molecule has 1 aliphatic rings. The van der Waals surface area contributed by atoms with Gasteiger partial charge in [0, 0.05) is 30.4 Å². The molecule has 2 aromatic heterocycles. The molecule has 1 aliphatic heterocycles. The second-order valence-electron chi connectivity index (χ2n) is 6.09. The topological polar surface area (TPSA) is 55.1 Å². The molecule has 0 amide bonds. The van der Waals surface area contributed by atoms with Gasteiger partial charge in [-0.25, -0.2) is 0 Å². The molecule has 24 heavy (non-hydrogen) atoms. The number of rotatable bonds is 5. The first-order valence-corrected chi connectivity index (χ1v) is 8.43. The third-order valence-corrected chi connectivity index (χ3v) is 4.50. The van der Waals surface area contributed by atoms with E-state index in [2.05, 4.69) is 26.1 Å². The van der Waals surface area contributed by atoms with Gasteiger partial charge in [0.05, 0.1) is 6.04 Å². The molecule has 0 bridgehead atoms. The highest BCUT2D eigenvalue weighted by atomic mass is 16.5. The number of hydrogen-bond donors (Lipinski definition) is 0. The Morgan fingerprint density at radius 3 is 2.79 bits per heavy atom. The quantitative estimate of drug-likeness (QED) is 0.720.